The zero-order valence-electron chi connectivity index (χ0n) is 17.5. The second kappa shape index (κ2) is 10.8. The van der Waals surface area contributed by atoms with E-state index in [2.05, 4.69) is 10.3 Å². The molecule has 0 aliphatic carbocycles. The van der Waals surface area contributed by atoms with Gasteiger partial charge in [0.25, 0.3) is 5.91 Å². The zero-order valence-corrected chi connectivity index (χ0v) is 19.8. The van der Waals surface area contributed by atoms with E-state index < -0.39 is 12.1 Å². The zero-order chi connectivity index (χ0) is 24.2. The summed E-state index contributed by atoms with van der Waals surface area (Å²) in [5.41, 5.74) is 2.65. The van der Waals surface area contributed by atoms with Crippen LogP contribution in [0.2, 0.25) is 15.2 Å². The number of halogens is 6. The summed E-state index contributed by atoms with van der Waals surface area (Å²) in [5.74, 6) is -1.99. The highest BCUT2D eigenvalue weighted by molar-refractivity contribution is 6.34. The Balaban J connectivity index is 1.68. The molecular formula is C24H20Cl3F3N2O. The van der Waals surface area contributed by atoms with Gasteiger partial charge >= 0.3 is 6.18 Å². The molecule has 0 saturated carbocycles. The molecule has 1 N–H and O–H groups in total. The first-order chi connectivity index (χ1) is 15.5. The van der Waals surface area contributed by atoms with E-state index in [4.69, 9.17) is 34.8 Å². The first-order valence-corrected chi connectivity index (χ1v) is 11.2. The average Bonchev–Trinajstić information content (AvgIpc) is 2.71. The molecule has 9 heteroatoms. The number of rotatable bonds is 7. The molecule has 0 fully saturated rings. The molecule has 1 aromatic heterocycles. The third-order valence-electron chi connectivity index (χ3n) is 5.18. The molecule has 33 heavy (non-hydrogen) atoms. The number of aromatic nitrogens is 1. The molecule has 0 bridgehead atoms. The Morgan fingerprint density at radius 3 is 2.24 bits per heavy atom. The molecule has 1 amide bonds. The van der Waals surface area contributed by atoms with E-state index in [1.54, 1.807) is 43.5 Å². The van der Waals surface area contributed by atoms with E-state index >= 15 is 0 Å². The van der Waals surface area contributed by atoms with Crippen molar-refractivity contribution in [3.8, 4) is 0 Å². The van der Waals surface area contributed by atoms with E-state index in [0.717, 1.165) is 5.56 Å². The van der Waals surface area contributed by atoms with Crippen LogP contribution in [0.4, 0.5) is 13.2 Å². The highest BCUT2D eigenvalue weighted by Gasteiger charge is 2.40. The van der Waals surface area contributed by atoms with Crippen LogP contribution in [0.5, 0.6) is 0 Å². The van der Waals surface area contributed by atoms with Crippen LogP contribution in [-0.4, -0.2) is 17.1 Å². The van der Waals surface area contributed by atoms with Gasteiger partial charge in [0.05, 0.1) is 5.92 Å². The van der Waals surface area contributed by atoms with Gasteiger partial charge in [0, 0.05) is 28.4 Å². The molecule has 2 aromatic carbocycles. The largest absolute Gasteiger partial charge is 0.395 e. The monoisotopic (exact) mass is 514 g/mol. The molecule has 1 heterocycles. The van der Waals surface area contributed by atoms with Crippen molar-refractivity contribution in [3.05, 3.63) is 97.7 Å². The van der Waals surface area contributed by atoms with E-state index in [0.29, 0.717) is 21.8 Å². The summed E-state index contributed by atoms with van der Waals surface area (Å²) in [6.07, 6.45) is -2.87. The molecule has 0 radical (unpaired) electrons. The number of alkyl halides is 3. The van der Waals surface area contributed by atoms with Crippen molar-refractivity contribution >= 4 is 40.7 Å². The first kappa shape index (κ1) is 25.3. The van der Waals surface area contributed by atoms with Gasteiger partial charge in [-0.3, -0.25) is 4.79 Å². The summed E-state index contributed by atoms with van der Waals surface area (Å²) in [4.78, 5) is 16.5. The second-order valence-corrected chi connectivity index (χ2v) is 8.92. The first-order valence-electron chi connectivity index (χ1n) is 10.0. The molecule has 174 valence electrons. The summed E-state index contributed by atoms with van der Waals surface area (Å²) in [6.45, 7) is 2.03. The van der Waals surface area contributed by atoms with Crippen molar-refractivity contribution in [2.24, 2.45) is 0 Å². The number of amides is 1. The standard InChI is InChI=1S/C24H20Cl3F3N2O/c1-14-8-15(2-5-20(14)23(33)32-13-16-4-7-22(27)31-12-16)3-6-21(24(28,29)30)17-9-18(25)11-19(26)10-17/h2,4-5,7-12,21H,3,6,13H2,1H3,(H,32,33). The fourth-order valence-electron chi connectivity index (χ4n) is 3.53. The van der Waals surface area contributed by atoms with Gasteiger partial charge in [0.1, 0.15) is 5.15 Å². The minimum atomic E-state index is -4.45. The van der Waals surface area contributed by atoms with E-state index in [1.165, 1.54) is 18.2 Å². The van der Waals surface area contributed by atoms with Crippen molar-refractivity contribution < 1.29 is 18.0 Å². The molecular weight excluding hydrogens is 496 g/mol. The van der Waals surface area contributed by atoms with Crippen LogP contribution >= 0.6 is 34.8 Å². The number of pyridine rings is 1. The van der Waals surface area contributed by atoms with Crippen LogP contribution in [0, 0.1) is 6.92 Å². The number of aryl methyl sites for hydroxylation is 2. The maximum absolute atomic E-state index is 13.7. The predicted molar refractivity (Wildman–Crippen MR) is 125 cm³/mol. The molecule has 3 aromatic rings. The maximum Gasteiger partial charge on any atom is 0.395 e. The fraction of sp³-hybridized carbons (Fsp3) is 0.250. The molecule has 0 aliphatic rings. The molecule has 1 unspecified atom stereocenters. The molecule has 0 spiro atoms. The lowest BCUT2D eigenvalue weighted by atomic mass is 9.91. The minimum Gasteiger partial charge on any atom is -0.348 e. The third kappa shape index (κ3) is 7.10. The Kier molecular flexibility index (Phi) is 8.27. The summed E-state index contributed by atoms with van der Waals surface area (Å²) in [5, 5.41) is 3.48. The number of hydrogen-bond donors (Lipinski definition) is 1. The molecule has 0 aliphatic heterocycles. The lowest BCUT2D eigenvalue weighted by molar-refractivity contribution is -0.151. The Morgan fingerprint density at radius 1 is 1.00 bits per heavy atom. The van der Waals surface area contributed by atoms with Gasteiger partial charge in [0.2, 0.25) is 0 Å². The van der Waals surface area contributed by atoms with Crippen molar-refractivity contribution in [2.45, 2.75) is 38.4 Å². The topological polar surface area (TPSA) is 42.0 Å². The van der Waals surface area contributed by atoms with E-state index in [9.17, 15) is 18.0 Å². The van der Waals surface area contributed by atoms with Crippen molar-refractivity contribution in [1.29, 1.82) is 0 Å². The number of nitrogens with one attached hydrogen (secondary N) is 1. The summed E-state index contributed by atoms with van der Waals surface area (Å²) in [7, 11) is 0. The lowest BCUT2D eigenvalue weighted by Crippen LogP contribution is -2.24. The lowest BCUT2D eigenvalue weighted by Gasteiger charge is -2.21. The van der Waals surface area contributed by atoms with Crippen LogP contribution in [0.1, 0.15) is 45.0 Å². The summed E-state index contributed by atoms with van der Waals surface area (Å²) >= 11 is 17.6. The number of carbonyl (C=O) groups is 1. The number of hydrogen-bond acceptors (Lipinski definition) is 2. The van der Waals surface area contributed by atoms with E-state index in [1.807, 2.05) is 0 Å². The van der Waals surface area contributed by atoms with Gasteiger partial charge in [0.15, 0.2) is 0 Å². The Bertz CT molecular complexity index is 1110. The summed E-state index contributed by atoms with van der Waals surface area (Å²) < 4.78 is 41.2. The highest BCUT2D eigenvalue weighted by Crippen LogP contribution is 2.40. The third-order valence-corrected chi connectivity index (χ3v) is 5.84. The molecule has 1 atom stereocenters. The Labute approximate surface area is 204 Å². The van der Waals surface area contributed by atoms with Crippen molar-refractivity contribution in [3.63, 3.8) is 0 Å². The minimum absolute atomic E-state index is 0.0319. The molecule has 3 rings (SSSR count). The van der Waals surface area contributed by atoms with Gasteiger partial charge in [-0.05, 0) is 72.4 Å². The Morgan fingerprint density at radius 2 is 1.67 bits per heavy atom. The Hall–Kier alpha value is -2.28. The van der Waals surface area contributed by atoms with Gasteiger partial charge in [-0.2, -0.15) is 13.2 Å². The molecule has 3 nitrogen and oxygen atoms in total. The number of carbonyl (C=O) groups excluding carboxylic acids is 1. The second-order valence-electron chi connectivity index (χ2n) is 7.66. The van der Waals surface area contributed by atoms with Crippen molar-refractivity contribution in [2.75, 3.05) is 0 Å². The van der Waals surface area contributed by atoms with Crippen LogP contribution in [-0.2, 0) is 13.0 Å². The van der Waals surface area contributed by atoms with Crippen molar-refractivity contribution in [1.82, 2.24) is 10.3 Å². The number of nitrogens with zero attached hydrogens (tertiary/aromatic N) is 1. The smallest absolute Gasteiger partial charge is 0.348 e. The quantitative estimate of drug-likeness (QED) is 0.330. The predicted octanol–water partition coefficient (Wildman–Crippen LogP) is 7.56. The summed E-state index contributed by atoms with van der Waals surface area (Å²) in [6, 6.07) is 12.4. The van der Waals surface area contributed by atoms with Crippen LogP contribution < -0.4 is 5.32 Å². The number of benzene rings is 2. The van der Waals surface area contributed by atoms with Gasteiger partial charge in [-0.25, -0.2) is 4.98 Å². The van der Waals surface area contributed by atoms with E-state index in [-0.39, 0.29) is 40.9 Å². The van der Waals surface area contributed by atoms with Gasteiger partial charge in [-0.15, -0.1) is 0 Å². The SMILES string of the molecule is Cc1cc(CCC(c2cc(Cl)cc(Cl)c2)C(F)(F)F)ccc1C(=O)NCc1ccc(Cl)nc1. The highest BCUT2D eigenvalue weighted by atomic mass is 35.5. The maximum atomic E-state index is 13.7. The van der Waals surface area contributed by atoms with Crippen LogP contribution in [0.3, 0.4) is 0 Å². The fourth-order valence-corrected chi connectivity index (χ4v) is 4.19. The average molecular weight is 516 g/mol. The van der Waals surface area contributed by atoms with Gasteiger partial charge in [-0.1, -0.05) is 53.0 Å². The molecule has 0 saturated heterocycles. The normalized spacial score (nSPS) is 12.5. The van der Waals surface area contributed by atoms with Crippen LogP contribution in [0.15, 0.2) is 54.7 Å². The van der Waals surface area contributed by atoms with Crippen LogP contribution in [0.25, 0.3) is 0 Å². The van der Waals surface area contributed by atoms with Gasteiger partial charge < -0.3 is 5.32 Å².